The number of alkyl halides is 1. The van der Waals surface area contributed by atoms with Gasteiger partial charge in [0, 0.05) is 36.5 Å². The van der Waals surface area contributed by atoms with E-state index >= 15 is 0 Å². The quantitative estimate of drug-likeness (QED) is 0.512. The van der Waals surface area contributed by atoms with E-state index in [0.717, 1.165) is 11.1 Å². The first-order chi connectivity index (χ1) is 13.9. The van der Waals surface area contributed by atoms with Crippen molar-refractivity contribution in [2.45, 2.75) is 24.3 Å². The Labute approximate surface area is 185 Å². The third-order valence-corrected chi connectivity index (χ3v) is 6.21. The Morgan fingerprint density at radius 2 is 1.86 bits per heavy atom. The summed E-state index contributed by atoms with van der Waals surface area (Å²) in [6.45, 7) is 4.57. The van der Waals surface area contributed by atoms with E-state index in [-0.39, 0.29) is 23.8 Å². The molecule has 7 heteroatoms. The molecule has 0 bridgehead atoms. The van der Waals surface area contributed by atoms with Crippen LogP contribution >= 0.6 is 34.8 Å². The molecule has 1 heterocycles. The van der Waals surface area contributed by atoms with Gasteiger partial charge in [-0.3, -0.25) is 9.59 Å². The summed E-state index contributed by atoms with van der Waals surface area (Å²) < 4.78 is 0. The Hall–Kier alpha value is -2.01. The highest BCUT2D eigenvalue weighted by Crippen LogP contribution is 2.32. The average Bonchev–Trinajstić information content (AvgIpc) is 2.75. The molecule has 2 aromatic rings. The van der Waals surface area contributed by atoms with Crippen LogP contribution < -0.4 is 5.32 Å². The molecule has 2 aromatic carbocycles. The lowest BCUT2D eigenvalue weighted by Gasteiger charge is -2.39. The first kappa shape index (κ1) is 21.7. The summed E-state index contributed by atoms with van der Waals surface area (Å²) in [5, 5.41) is 4.03. The standard InChI is InChI=1S/C22H21Cl3N2O2/c1-2-21(28)27-10-9-20(17(13-27)16-7-8-18(24)19(25)11-16)26-22(29)15-5-3-14(12-23)4-6-15/h2-8,11,17,20H,1,9-10,12-13H2,(H,26,29). The van der Waals surface area contributed by atoms with Gasteiger partial charge in [0.2, 0.25) is 5.91 Å². The molecule has 152 valence electrons. The zero-order valence-electron chi connectivity index (χ0n) is 15.7. The second-order valence-corrected chi connectivity index (χ2v) is 8.05. The van der Waals surface area contributed by atoms with Crippen molar-refractivity contribution >= 4 is 46.6 Å². The maximum absolute atomic E-state index is 12.8. The Morgan fingerprint density at radius 1 is 1.14 bits per heavy atom. The molecule has 0 aromatic heterocycles. The largest absolute Gasteiger partial charge is 0.349 e. The number of carbonyl (C=O) groups excluding carboxylic acids is 2. The number of hydrogen-bond acceptors (Lipinski definition) is 2. The second kappa shape index (κ2) is 9.66. The number of benzene rings is 2. The average molecular weight is 452 g/mol. The minimum Gasteiger partial charge on any atom is -0.349 e. The van der Waals surface area contributed by atoms with Crippen LogP contribution in [0.3, 0.4) is 0 Å². The molecule has 1 saturated heterocycles. The number of likely N-dealkylation sites (tertiary alicyclic amines) is 1. The van der Waals surface area contributed by atoms with Gasteiger partial charge >= 0.3 is 0 Å². The van der Waals surface area contributed by atoms with Crippen molar-refractivity contribution in [1.29, 1.82) is 0 Å². The predicted molar refractivity (Wildman–Crippen MR) is 118 cm³/mol. The topological polar surface area (TPSA) is 49.4 Å². The molecule has 2 atom stereocenters. The van der Waals surface area contributed by atoms with Gasteiger partial charge in [-0.2, -0.15) is 0 Å². The number of hydrogen-bond donors (Lipinski definition) is 1. The molecule has 4 nitrogen and oxygen atoms in total. The smallest absolute Gasteiger partial charge is 0.251 e. The summed E-state index contributed by atoms with van der Waals surface area (Å²) >= 11 is 18.1. The Balaban J connectivity index is 1.83. The lowest BCUT2D eigenvalue weighted by molar-refractivity contribution is -0.127. The van der Waals surface area contributed by atoms with E-state index in [0.29, 0.717) is 41.0 Å². The number of halogens is 3. The Morgan fingerprint density at radius 3 is 2.48 bits per heavy atom. The molecule has 1 aliphatic heterocycles. The summed E-state index contributed by atoms with van der Waals surface area (Å²) in [6, 6.07) is 12.5. The summed E-state index contributed by atoms with van der Waals surface area (Å²) in [5.41, 5.74) is 2.44. The minimum absolute atomic E-state index is 0.117. The number of nitrogens with zero attached hydrogens (tertiary/aromatic N) is 1. The van der Waals surface area contributed by atoms with Crippen molar-refractivity contribution in [3.63, 3.8) is 0 Å². The van der Waals surface area contributed by atoms with Crippen LogP contribution in [0.4, 0.5) is 0 Å². The van der Waals surface area contributed by atoms with Crippen LogP contribution in [-0.2, 0) is 10.7 Å². The van der Waals surface area contributed by atoms with Crippen LogP contribution in [0.5, 0.6) is 0 Å². The van der Waals surface area contributed by atoms with Gasteiger partial charge in [0.15, 0.2) is 0 Å². The lowest BCUT2D eigenvalue weighted by atomic mass is 9.85. The fraction of sp³-hybridized carbons (Fsp3) is 0.273. The van der Waals surface area contributed by atoms with Crippen molar-refractivity contribution in [2.75, 3.05) is 13.1 Å². The van der Waals surface area contributed by atoms with Gasteiger partial charge in [-0.25, -0.2) is 0 Å². The van der Waals surface area contributed by atoms with E-state index < -0.39 is 0 Å². The SMILES string of the molecule is C=CC(=O)N1CCC(NC(=O)c2ccc(CCl)cc2)C(c2ccc(Cl)c(Cl)c2)C1. The molecular weight excluding hydrogens is 431 g/mol. The van der Waals surface area contributed by atoms with Crippen LogP contribution in [-0.4, -0.2) is 35.8 Å². The van der Waals surface area contributed by atoms with E-state index in [9.17, 15) is 9.59 Å². The van der Waals surface area contributed by atoms with Crippen LogP contribution in [0.1, 0.15) is 33.8 Å². The molecule has 2 amide bonds. The summed E-state index contributed by atoms with van der Waals surface area (Å²) in [4.78, 5) is 26.7. The van der Waals surface area contributed by atoms with Crippen molar-refractivity contribution in [3.05, 3.63) is 81.9 Å². The molecule has 1 N–H and O–H groups in total. The predicted octanol–water partition coefficient (Wildman–Crippen LogP) is 5.03. The first-order valence-corrected chi connectivity index (χ1v) is 10.5. The monoisotopic (exact) mass is 450 g/mol. The molecule has 2 unspecified atom stereocenters. The van der Waals surface area contributed by atoms with E-state index in [1.807, 2.05) is 18.2 Å². The summed E-state index contributed by atoms with van der Waals surface area (Å²) in [5.74, 6) is -0.00783. The van der Waals surface area contributed by atoms with Crippen LogP contribution in [0, 0.1) is 0 Å². The maximum atomic E-state index is 12.8. The van der Waals surface area contributed by atoms with E-state index in [4.69, 9.17) is 34.8 Å². The Kier molecular flexibility index (Phi) is 7.23. The van der Waals surface area contributed by atoms with Crippen LogP contribution in [0.25, 0.3) is 0 Å². The highest BCUT2D eigenvalue weighted by atomic mass is 35.5. The van der Waals surface area contributed by atoms with Gasteiger partial charge in [0.1, 0.15) is 0 Å². The van der Waals surface area contributed by atoms with Gasteiger partial charge in [0.05, 0.1) is 10.0 Å². The first-order valence-electron chi connectivity index (χ1n) is 9.25. The van der Waals surface area contributed by atoms with E-state index in [1.165, 1.54) is 6.08 Å². The molecule has 1 fully saturated rings. The molecule has 0 spiro atoms. The third kappa shape index (κ3) is 5.13. The van der Waals surface area contributed by atoms with Gasteiger partial charge in [0.25, 0.3) is 5.91 Å². The zero-order valence-corrected chi connectivity index (χ0v) is 18.0. The van der Waals surface area contributed by atoms with Gasteiger partial charge in [-0.15, -0.1) is 11.6 Å². The number of amides is 2. The van der Waals surface area contributed by atoms with Crippen molar-refractivity contribution in [3.8, 4) is 0 Å². The highest BCUT2D eigenvalue weighted by Gasteiger charge is 2.33. The molecular formula is C22H21Cl3N2O2. The summed E-state index contributed by atoms with van der Waals surface area (Å²) in [7, 11) is 0. The third-order valence-electron chi connectivity index (χ3n) is 5.16. The van der Waals surface area contributed by atoms with Crippen molar-refractivity contribution < 1.29 is 9.59 Å². The minimum atomic E-state index is -0.162. The molecule has 1 aliphatic rings. The van der Waals surface area contributed by atoms with Crippen molar-refractivity contribution in [1.82, 2.24) is 10.2 Å². The molecule has 0 saturated carbocycles. The normalized spacial score (nSPS) is 18.9. The highest BCUT2D eigenvalue weighted by molar-refractivity contribution is 6.42. The molecule has 3 rings (SSSR count). The lowest BCUT2D eigenvalue weighted by Crippen LogP contribution is -2.51. The van der Waals surface area contributed by atoms with E-state index in [1.54, 1.807) is 29.2 Å². The zero-order chi connectivity index (χ0) is 21.0. The Bertz CT molecular complexity index is 915. The van der Waals surface area contributed by atoms with Gasteiger partial charge in [-0.1, -0.05) is 48.0 Å². The van der Waals surface area contributed by atoms with E-state index in [2.05, 4.69) is 11.9 Å². The molecule has 29 heavy (non-hydrogen) atoms. The fourth-order valence-corrected chi connectivity index (χ4v) is 4.02. The second-order valence-electron chi connectivity index (χ2n) is 6.97. The van der Waals surface area contributed by atoms with Gasteiger partial charge < -0.3 is 10.2 Å². The summed E-state index contributed by atoms with van der Waals surface area (Å²) in [6.07, 6.45) is 1.93. The fourth-order valence-electron chi connectivity index (χ4n) is 3.53. The number of piperidine rings is 1. The number of rotatable bonds is 5. The molecule has 0 aliphatic carbocycles. The van der Waals surface area contributed by atoms with Crippen LogP contribution in [0.2, 0.25) is 10.0 Å². The van der Waals surface area contributed by atoms with Gasteiger partial charge in [-0.05, 0) is 47.9 Å². The molecule has 0 radical (unpaired) electrons. The van der Waals surface area contributed by atoms with Crippen molar-refractivity contribution in [2.24, 2.45) is 0 Å². The maximum Gasteiger partial charge on any atom is 0.251 e. The number of carbonyl (C=O) groups is 2. The number of nitrogens with one attached hydrogen (secondary N) is 1. The van der Waals surface area contributed by atoms with Crippen LogP contribution in [0.15, 0.2) is 55.1 Å².